The highest BCUT2D eigenvalue weighted by Crippen LogP contribution is 2.03. The topological polar surface area (TPSA) is 49.3 Å². The quantitative estimate of drug-likeness (QED) is 0.543. The van der Waals surface area contributed by atoms with Crippen molar-refractivity contribution >= 4 is 5.97 Å². The Morgan fingerprint density at radius 1 is 1.67 bits per heavy atom. The second-order valence-electron chi connectivity index (χ2n) is 1.99. The first-order valence-corrected chi connectivity index (χ1v) is 2.77. The van der Waals surface area contributed by atoms with Gasteiger partial charge < -0.3 is 10.4 Å². The van der Waals surface area contributed by atoms with Gasteiger partial charge in [0.25, 0.3) is 0 Å². The van der Waals surface area contributed by atoms with Gasteiger partial charge in [0.2, 0.25) is 0 Å². The number of nitrogens with one attached hydrogen (secondary N) is 1. The number of hydrogen-bond donors (Lipinski definition) is 2. The average molecular weight is 131 g/mol. The molecule has 0 aromatic heterocycles. The molecule has 0 radical (unpaired) electrons. The fraction of sp³-hybridized carbons (Fsp3) is 0.833. The third kappa shape index (κ3) is 2.01. The van der Waals surface area contributed by atoms with E-state index >= 15 is 0 Å². The maximum absolute atomic E-state index is 10.1. The van der Waals surface area contributed by atoms with E-state index in [2.05, 4.69) is 5.32 Å². The van der Waals surface area contributed by atoms with Gasteiger partial charge in [0, 0.05) is 0 Å². The van der Waals surface area contributed by atoms with E-state index in [9.17, 15) is 4.79 Å². The zero-order chi connectivity index (χ0) is 5.98. The van der Waals surface area contributed by atoms with Crippen molar-refractivity contribution < 1.29 is 9.90 Å². The second kappa shape index (κ2) is 3.45. The number of carboxylic acid groups (broad SMARTS) is 1. The lowest BCUT2D eigenvalue weighted by Gasteiger charge is -1.99. The van der Waals surface area contributed by atoms with Crippen LogP contribution >= 0.6 is 0 Å². The smallest absolute Gasteiger partial charge is 0.320 e. The van der Waals surface area contributed by atoms with Crippen molar-refractivity contribution in [1.29, 1.82) is 0 Å². The molecule has 3 heteroatoms. The monoisotopic (exact) mass is 131 g/mol. The maximum atomic E-state index is 10.1. The van der Waals surface area contributed by atoms with Gasteiger partial charge in [-0.2, -0.15) is 0 Å². The minimum absolute atomic E-state index is 0. The minimum atomic E-state index is -0.720. The summed E-state index contributed by atoms with van der Waals surface area (Å²) in [5.74, 6) is -0.720. The predicted molar refractivity (Wildman–Crippen MR) is 35.4 cm³/mol. The van der Waals surface area contributed by atoms with Crippen molar-refractivity contribution in [2.24, 2.45) is 0 Å². The van der Waals surface area contributed by atoms with Gasteiger partial charge in [-0.25, -0.2) is 0 Å². The van der Waals surface area contributed by atoms with E-state index in [0.29, 0.717) is 0 Å². The summed E-state index contributed by atoms with van der Waals surface area (Å²) in [4.78, 5) is 10.1. The first-order chi connectivity index (χ1) is 3.80. The Balaban J connectivity index is 0.000000640. The molecule has 54 valence electrons. The second-order valence-corrected chi connectivity index (χ2v) is 1.99. The molecule has 1 fully saturated rings. The molecule has 1 aliphatic rings. The van der Waals surface area contributed by atoms with Crippen molar-refractivity contribution in [3.05, 3.63) is 0 Å². The van der Waals surface area contributed by atoms with Gasteiger partial charge in [-0.05, 0) is 19.4 Å². The molecule has 3 nitrogen and oxygen atoms in total. The highest BCUT2D eigenvalue weighted by molar-refractivity contribution is 5.73. The van der Waals surface area contributed by atoms with Gasteiger partial charge in [-0.15, -0.1) is 0 Å². The van der Waals surface area contributed by atoms with Crippen LogP contribution in [0.2, 0.25) is 0 Å². The molecule has 1 heterocycles. The zero-order valence-electron chi connectivity index (χ0n) is 4.55. The van der Waals surface area contributed by atoms with Gasteiger partial charge in [0.1, 0.15) is 6.04 Å². The lowest BCUT2D eigenvalue weighted by Crippen LogP contribution is -2.29. The normalized spacial score (nSPS) is 25.1. The van der Waals surface area contributed by atoms with Crippen molar-refractivity contribution in [2.45, 2.75) is 26.3 Å². The Labute approximate surface area is 55.1 Å². The van der Waals surface area contributed by atoms with E-state index < -0.39 is 5.97 Å². The number of carbonyl (C=O) groups is 1. The van der Waals surface area contributed by atoms with E-state index in [1.165, 1.54) is 0 Å². The number of carboxylic acids is 1. The summed E-state index contributed by atoms with van der Waals surface area (Å²) in [6.07, 6.45) is 1.78. The molecule has 1 atom stereocenters. The van der Waals surface area contributed by atoms with Gasteiger partial charge in [-0.3, -0.25) is 4.79 Å². The van der Waals surface area contributed by atoms with E-state index in [4.69, 9.17) is 5.11 Å². The number of hydrogen-bond acceptors (Lipinski definition) is 2. The van der Waals surface area contributed by atoms with Gasteiger partial charge in [0.05, 0.1) is 0 Å². The van der Waals surface area contributed by atoms with Crippen molar-refractivity contribution in [3.63, 3.8) is 0 Å². The average Bonchev–Trinajstić information content (AvgIpc) is 2.12. The molecular formula is C6H13NO2. The zero-order valence-corrected chi connectivity index (χ0v) is 4.55. The van der Waals surface area contributed by atoms with Gasteiger partial charge in [-0.1, -0.05) is 7.43 Å². The van der Waals surface area contributed by atoms with Crippen LogP contribution in [0.5, 0.6) is 0 Å². The minimum Gasteiger partial charge on any atom is -0.480 e. The standard InChI is InChI=1S/C5H9NO2.CH4/c7-5(8)4-2-1-3-6-4;/h4,6H,1-3H2,(H,7,8);1H4. The van der Waals surface area contributed by atoms with Crippen LogP contribution < -0.4 is 5.32 Å². The van der Waals surface area contributed by atoms with E-state index in [0.717, 1.165) is 19.4 Å². The molecule has 9 heavy (non-hydrogen) atoms. The lowest BCUT2D eigenvalue weighted by atomic mass is 10.2. The van der Waals surface area contributed by atoms with Crippen LogP contribution in [0.15, 0.2) is 0 Å². The van der Waals surface area contributed by atoms with E-state index in [1.807, 2.05) is 0 Å². The molecular weight excluding hydrogens is 118 g/mol. The third-order valence-corrected chi connectivity index (χ3v) is 1.36. The van der Waals surface area contributed by atoms with Crippen LogP contribution in [0.25, 0.3) is 0 Å². The van der Waals surface area contributed by atoms with Crippen LogP contribution in [-0.4, -0.2) is 23.7 Å². The molecule has 1 saturated heterocycles. The Morgan fingerprint density at radius 2 is 2.33 bits per heavy atom. The Morgan fingerprint density at radius 3 is 2.56 bits per heavy atom. The SMILES string of the molecule is C.O=C(O)C1CCCN1. The highest BCUT2D eigenvalue weighted by atomic mass is 16.4. The van der Waals surface area contributed by atoms with Crippen LogP contribution in [-0.2, 0) is 4.79 Å². The van der Waals surface area contributed by atoms with Crippen LogP contribution in [0.3, 0.4) is 0 Å². The first kappa shape index (κ1) is 8.43. The molecule has 0 amide bonds. The summed E-state index contributed by atoms with van der Waals surface area (Å²) in [5, 5.41) is 11.2. The number of aliphatic carboxylic acids is 1. The highest BCUT2D eigenvalue weighted by Gasteiger charge is 2.20. The summed E-state index contributed by atoms with van der Waals surface area (Å²) in [6.45, 7) is 0.858. The fourth-order valence-corrected chi connectivity index (χ4v) is 0.895. The van der Waals surface area contributed by atoms with Crippen LogP contribution in [0.4, 0.5) is 0 Å². The molecule has 0 aliphatic carbocycles. The molecule has 0 bridgehead atoms. The van der Waals surface area contributed by atoms with E-state index in [-0.39, 0.29) is 13.5 Å². The Hall–Kier alpha value is -0.570. The summed E-state index contributed by atoms with van der Waals surface area (Å²) < 4.78 is 0. The maximum Gasteiger partial charge on any atom is 0.320 e. The Kier molecular flexibility index (Phi) is 3.24. The van der Waals surface area contributed by atoms with Crippen LogP contribution in [0.1, 0.15) is 20.3 Å². The summed E-state index contributed by atoms with van der Waals surface area (Å²) in [6, 6.07) is -0.269. The lowest BCUT2D eigenvalue weighted by molar-refractivity contribution is -0.139. The van der Waals surface area contributed by atoms with Crippen molar-refractivity contribution in [1.82, 2.24) is 5.32 Å². The molecule has 1 aliphatic heterocycles. The van der Waals surface area contributed by atoms with Crippen molar-refractivity contribution in [2.75, 3.05) is 6.54 Å². The number of rotatable bonds is 1. The third-order valence-electron chi connectivity index (χ3n) is 1.36. The summed E-state index contributed by atoms with van der Waals surface area (Å²) in [7, 11) is 0. The summed E-state index contributed by atoms with van der Waals surface area (Å²) in [5.41, 5.74) is 0. The Bertz CT molecular complexity index is 97.2. The molecule has 1 rings (SSSR count). The fourth-order valence-electron chi connectivity index (χ4n) is 0.895. The molecule has 1 unspecified atom stereocenters. The summed E-state index contributed by atoms with van der Waals surface area (Å²) >= 11 is 0. The van der Waals surface area contributed by atoms with Gasteiger partial charge >= 0.3 is 5.97 Å². The van der Waals surface area contributed by atoms with E-state index in [1.54, 1.807) is 0 Å². The molecule has 0 spiro atoms. The van der Waals surface area contributed by atoms with Crippen molar-refractivity contribution in [3.8, 4) is 0 Å². The molecule has 2 N–H and O–H groups in total. The largest absolute Gasteiger partial charge is 0.480 e. The predicted octanol–water partition coefficient (Wildman–Crippen LogP) is 0.459. The molecule has 0 aromatic carbocycles. The van der Waals surface area contributed by atoms with Gasteiger partial charge in [0.15, 0.2) is 0 Å². The first-order valence-electron chi connectivity index (χ1n) is 2.77. The molecule has 0 saturated carbocycles. The molecule has 0 aromatic rings. The van der Waals surface area contributed by atoms with Crippen LogP contribution in [0, 0.1) is 0 Å².